The molecule has 0 saturated heterocycles. The Morgan fingerprint density at radius 2 is 0.320 bits per heavy atom. The van der Waals surface area contributed by atoms with E-state index in [0.717, 1.165) is 13.3 Å². The summed E-state index contributed by atoms with van der Waals surface area (Å²) in [4.78, 5) is 0. The van der Waals surface area contributed by atoms with Gasteiger partial charge in [0.2, 0.25) is 0 Å². The highest BCUT2D eigenvalue weighted by atomic mass is 28.4. The molecule has 0 spiro atoms. The van der Waals surface area contributed by atoms with Gasteiger partial charge in [-0.05, 0) is 0 Å². The molecule has 0 N–H and O–H groups in total. The summed E-state index contributed by atoms with van der Waals surface area (Å²) in [6.07, 6.45) is -94.2. The van der Waals surface area contributed by atoms with Crippen LogP contribution in [-0.2, 0) is 13.3 Å². The van der Waals surface area contributed by atoms with Crippen LogP contribution in [0, 0.1) is 0 Å². The van der Waals surface area contributed by atoms with Gasteiger partial charge in [-0.3, -0.25) is 0 Å². The lowest BCUT2D eigenvalue weighted by molar-refractivity contribution is -0.485. The Labute approximate surface area is 248 Å². The van der Waals surface area contributed by atoms with Crippen molar-refractivity contribution in [2.24, 2.45) is 0 Å². The van der Waals surface area contributed by atoms with Gasteiger partial charge in [0.05, 0.1) is 0 Å². The fourth-order valence-corrected chi connectivity index (χ4v) is 6.11. The molecule has 50 heavy (non-hydrogen) atoms. The maximum Gasteiger partial charge on any atom is 0.590 e. The van der Waals surface area contributed by atoms with Crippen LogP contribution in [0.2, 0.25) is 0 Å². The van der Waals surface area contributed by atoms with Crippen LogP contribution in [0.4, 0.5) is 140 Å². The molecule has 0 aromatic carbocycles. The van der Waals surface area contributed by atoms with E-state index in [0.29, 0.717) is 0 Å². The van der Waals surface area contributed by atoms with Crippen LogP contribution >= 0.6 is 0 Å². The third-order valence-corrected chi connectivity index (χ3v) is 7.97. The van der Waals surface area contributed by atoms with Crippen molar-refractivity contribution < 1.29 is 154 Å². The van der Waals surface area contributed by atoms with Gasteiger partial charge in [0.15, 0.2) is 0 Å². The van der Waals surface area contributed by atoms with Crippen LogP contribution < -0.4 is 0 Å². The number of rotatable bonds is 7. The van der Waals surface area contributed by atoms with E-state index in [9.17, 15) is 140 Å². The van der Waals surface area contributed by atoms with Crippen molar-refractivity contribution >= 4 is 8.80 Å². The molecule has 3 nitrogen and oxygen atoms in total. The monoisotopic (exact) mass is 852 g/mol. The number of alkyl halides is 32. The minimum atomic E-state index is -13.0. The highest BCUT2D eigenvalue weighted by molar-refractivity contribution is 6.64. The van der Waals surface area contributed by atoms with E-state index in [1.54, 1.807) is 0 Å². The summed E-state index contributed by atoms with van der Waals surface area (Å²) in [5, 5.41) is 0. The first kappa shape index (κ1) is 47.9. The molecule has 302 valence electrons. The third kappa shape index (κ3) is 6.99. The third-order valence-electron chi connectivity index (χ3n) is 5.20. The first-order valence-corrected chi connectivity index (χ1v) is 11.7. The lowest BCUT2D eigenvalue weighted by Gasteiger charge is -2.51. The Balaban J connectivity index is 9.97. The zero-order valence-electron chi connectivity index (χ0n) is 20.8. The highest BCUT2D eigenvalue weighted by Crippen LogP contribution is 2.65. The molecule has 0 aliphatic heterocycles. The van der Waals surface area contributed by atoms with E-state index in [1.807, 2.05) is 0 Å². The molecule has 0 aromatic heterocycles. The molecule has 0 heterocycles. The van der Waals surface area contributed by atoms with Crippen LogP contribution in [0.25, 0.3) is 0 Å². The zero-order chi connectivity index (χ0) is 41.6. The molecule has 36 heteroatoms. The molecule has 0 radical (unpaired) electrons. The Morgan fingerprint density at radius 1 is 0.200 bits per heavy atom. The zero-order valence-corrected chi connectivity index (χ0v) is 21.8. The Morgan fingerprint density at radius 3 is 0.400 bits per heavy atom. The second-order valence-electron chi connectivity index (χ2n) is 8.46. The summed E-state index contributed by atoms with van der Waals surface area (Å²) < 4.78 is 432. The lowest BCUT2D eigenvalue weighted by atomic mass is 10.0. The maximum atomic E-state index is 14.6. The number of hydrogen-bond donors (Lipinski definition) is 0. The Kier molecular flexibility index (Phi) is 11.4. The van der Waals surface area contributed by atoms with Crippen molar-refractivity contribution in [3.8, 4) is 0 Å². The highest BCUT2D eigenvalue weighted by Gasteiger charge is 2.99. The van der Waals surface area contributed by atoms with E-state index in [1.165, 1.54) is 0 Å². The molecular weight excluding hydrogens is 852 g/mol. The molecular formula is C14F32O3Si. The van der Waals surface area contributed by atoms with Crippen LogP contribution in [0.1, 0.15) is 0 Å². The van der Waals surface area contributed by atoms with Crippen molar-refractivity contribution in [1.82, 2.24) is 0 Å². The van der Waals surface area contributed by atoms with Crippen molar-refractivity contribution in [3.05, 3.63) is 0 Å². The Hall–Kier alpha value is -2.14. The minimum Gasteiger partial charge on any atom is -0.340 e. The SMILES string of the molecule is FC(F)(F)C(O[Si](OC(C(F)(F)F)(C(F)(F)F)C(F)(F)F)(OC(C(F)(F)F)(C(F)(F)F)C(F)(F)F)C(F)(F)C(F)(F)F)(C(F)(F)F)C(F)(F)F. The van der Waals surface area contributed by atoms with Crippen LogP contribution in [0.15, 0.2) is 0 Å². The molecule has 0 saturated carbocycles. The summed E-state index contributed by atoms with van der Waals surface area (Å²) in [7, 11) is -13.0. The van der Waals surface area contributed by atoms with E-state index in [-0.39, 0.29) is 0 Å². The summed E-state index contributed by atoms with van der Waals surface area (Å²) in [5.74, 6) is 0. The second kappa shape index (κ2) is 11.9. The van der Waals surface area contributed by atoms with Gasteiger partial charge in [-0.15, -0.1) is 0 Å². The topological polar surface area (TPSA) is 27.7 Å². The maximum absolute atomic E-state index is 14.6. The van der Waals surface area contributed by atoms with Gasteiger partial charge in [0, 0.05) is 0 Å². The second-order valence-corrected chi connectivity index (χ2v) is 10.8. The molecule has 0 aliphatic rings. The van der Waals surface area contributed by atoms with Crippen molar-refractivity contribution in [2.75, 3.05) is 0 Å². The van der Waals surface area contributed by atoms with Gasteiger partial charge in [-0.1, -0.05) is 0 Å². The van der Waals surface area contributed by atoms with Gasteiger partial charge in [0.25, 0.3) is 0 Å². The standard InChI is InChI=1S/C14F32O3Si/c15-4(16,17)1(5(18,19)20,6(21,22)23)47-50(14(45,46)13(42,43)44,48-2(7(24,25)26,8(27,28)29)9(30,31)32)49-3(10(33,34)35,11(36,37)38)12(39,40)41. The van der Waals surface area contributed by atoms with Crippen molar-refractivity contribution in [2.45, 2.75) is 84.1 Å². The van der Waals surface area contributed by atoms with E-state index < -0.39 is 92.9 Å². The predicted molar refractivity (Wildman–Crippen MR) is 82.7 cm³/mol. The molecule has 0 aromatic rings. The van der Waals surface area contributed by atoms with Crippen LogP contribution in [0.5, 0.6) is 0 Å². The van der Waals surface area contributed by atoms with Gasteiger partial charge in [-0.25, -0.2) is 0 Å². The van der Waals surface area contributed by atoms with Crippen molar-refractivity contribution in [3.63, 3.8) is 0 Å². The fourth-order valence-electron chi connectivity index (χ4n) is 3.00. The van der Waals surface area contributed by atoms with Gasteiger partial charge < -0.3 is 13.3 Å². The summed E-state index contributed by atoms with van der Waals surface area (Å²) in [6, 6.07) is 0. The fraction of sp³-hybridized carbons (Fsp3) is 1.00. The van der Waals surface area contributed by atoms with Gasteiger partial charge in [-0.2, -0.15) is 140 Å². The van der Waals surface area contributed by atoms with E-state index >= 15 is 0 Å². The number of halogens is 32. The van der Waals surface area contributed by atoms with Crippen LogP contribution in [-0.4, -0.2) is 92.9 Å². The van der Waals surface area contributed by atoms with Crippen LogP contribution in [0.3, 0.4) is 0 Å². The summed E-state index contributed by atoms with van der Waals surface area (Å²) >= 11 is 0. The van der Waals surface area contributed by atoms with Crippen molar-refractivity contribution in [1.29, 1.82) is 0 Å². The summed E-state index contributed by atoms with van der Waals surface area (Å²) in [5.41, 5.74) is -39.6. The molecule has 0 bridgehead atoms. The largest absolute Gasteiger partial charge is 0.590 e. The predicted octanol–water partition coefficient (Wildman–Crippen LogP) is 9.99. The normalized spacial score (nSPS) is 17.0. The smallest absolute Gasteiger partial charge is 0.340 e. The van der Waals surface area contributed by atoms with Gasteiger partial charge >= 0.3 is 92.9 Å². The number of hydrogen-bond acceptors (Lipinski definition) is 3. The lowest BCUT2D eigenvalue weighted by Crippen LogP contribution is -2.85. The summed E-state index contributed by atoms with van der Waals surface area (Å²) in [6.45, 7) is 0. The first-order chi connectivity index (χ1) is 20.9. The quantitative estimate of drug-likeness (QED) is 0.189. The molecule has 0 unspecified atom stereocenters. The molecule has 0 fully saturated rings. The van der Waals surface area contributed by atoms with E-state index in [2.05, 4.69) is 0 Å². The molecule has 0 aliphatic carbocycles. The molecule has 0 rings (SSSR count). The Bertz CT molecular complexity index is 939. The molecule has 0 amide bonds. The van der Waals surface area contributed by atoms with E-state index in [4.69, 9.17) is 0 Å². The molecule has 0 atom stereocenters. The first-order valence-electron chi connectivity index (χ1n) is 10.0. The average Bonchev–Trinajstić information content (AvgIpc) is 2.69. The average molecular weight is 852 g/mol. The van der Waals surface area contributed by atoms with Gasteiger partial charge in [0.1, 0.15) is 0 Å². The minimum absolute atomic E-state index is 0.842.